The number of ether oxygens (including phenoxy) is 2. The predicted octanol–water partition coefficient (Wildman–Crippen LogP) is 5.28. The van der Waals surface area contributed by atoms with E-state index < -0.39 is 23.4 Å². The van der Waals surface area contributed by atoms with Gasteiger partial charge in [-0.1, -0.05) is 13.8 Å². The molecule has 0 spiro atoms. The van der Waals surface area contributed by atoms with Gasteiger partial charge in [0.2, 0.25) is 0 Å². The number of piperidine rings is 1. The molecule has 11 heteroatoms. The van der Waals surface area contributed by atoms with Crippen LogP contribution in [0.4, 0.5) is 23.7 Å². The van der Waals surface area contributed by atoms with Crippen molar-refractivity contribution in [2.75, 3.05) is 38.7 Å². The minimum atomic E-state index is -4.67. The molecule has 0 aliphatic carbocycles. The Bertz CT molecular complexity index is 1100. The van der Waals surface area contributed by atoms with Crippen molar-refractivity contribution in [3.8, 4) is 11.5 Å². The van der Waals surface area contributed by atoms with E-state index in [0.29, 0.717) is 57.0 Å². The summed E-state index contributed by atoms with van der Waals surface area (Å²) >= 11 is 0. The number of hydrogen-bond acceptors (Lipinski definition) is 5. The van der Waals surface area contributed by atoms with Crippen LogP contribution < -0.4 is 15.4 Å². The van der Waals surface area contributed by atoms with Crippen LogP contribution in [0.3, 0.4) is 0 Å². The van der Waals surface area contributed by atoms with Crippen LogP contribution >= 0.6 is 0 Å². The van der Waals surface area contributed by atoms with Crippen LogP contribution in [0.2, 0.25) is 0 Å². The van der Waals surface area contributed by atoms with Gasteiger partial charge < -0.3 is 30.1 Å². The highest BCUT2D eigenvalue weighted by Crippen LogP contribution is 2.36. The number of anilines is 1. The molecule has 0 radical (unpaired) electrons. The third-order valence-corrected chi connectivity index (χ3v) is 6.20. The number of carbonyl (C=O) groups excluding carboxylic acids is 2. The summed E-state index contributed by atoms with van der Waals surface area (Å²) in [6.45, 7) is 5.31. The first-order chi connectivity index (χ1) is 17.9. The number of urea groups is 1. The van der Waals surface area contributed by atoms with Crippen LogP contribution in [0.1, 0.15) is 49.0 Å². The van der Waals surface area contributed by atoms with Gasteiger partial charge in [-0.05, 0) is 61.6 Å². The third-order valence-electron chi connectivity index (χ3n) is 6.20. The molecule has 1 aliphatic rings. The molecule has 1 heterocycles. The maximum Gasteiger partial charge on any atom is 0.416 e. The van der Waals surface area contributed by atoms with Gasteiger partial charge in [-0.2, -0.15) is 13.2 Å². The van der Waals surface area contributed by atoms with Crippen LogP contribution in [0.25, 0.3) is 0 Å². The highest BCUT2D eigenvalue weighted by molar-refractivity contribution is 5.94. The van der Waals surface area contributed by atoms with Gasteiger partial charge in [0.1, 0.15) is 11.5 Å². The number of methoxy groups -OCH3 is 1. The van der Waals surface area contributed by atoms with Gasteiger partial charge in [-0.25, -0.2) is 4.79 Å². The quantitative estimate of drug-likeness (QED) is 0.378. The number of rotatable bonds is 9. The smallest absolute Gasteiger partial charge is 0.416 e. The normalized spacial score (nSPS) is 15.3. The SMILES string of the molecule is COCCNC(=O)c1ccc(Oc2cc(NC(=O)N3CCC(O)(CC(C)C)CC3)cc(C(F)(F)F)c2)cc1. The number of hydrogen-bond donors (Lipinski definition) is 3. The van der Waals surface area contributed by atoms with Gasteiger partial charge in [-0.3, -0.25) is 4.79 Å². The fourth-order valence-electron chi connectivity index (χ4n) is 4.37. The number of alkyl halides is 3. The highest BCUT2D eigenvalue weighted by atomic mass is 19.4. The average Bonchev–Trinajstić information content (AvgIpc) is 2.83. The van der Waals surface area contributed by atoms with Gasteiger partial charge in [0.25, 0.3) is 5.91 Å². The van der Waals surface area contributed by atoms with E-state index in [-0.39, 0.29) is 23.1 Å². The molecule has 3 amide bonds. The van der Waals surface area contributed by atoms with E-state index in [0.717, 1.165) is 12.1 Å². The maximum atomic E-state index is 13.6. The van der Waals surface area contributed by atoms with Gasteiger partial charge >= 0.3 is 12.2 Å². The molecular weight excluding hydrogens is 503 g/mol. The van der Waals surface area contributed by atoms with Crippen molar-refractivity contribution in [2.24, 2.45) is 5.92 Å². The number of aliphatic hydroxyl groups is 1. The molecule has 1 aliphatic heterocycles. The van der Waals surface area contributed by atoms with Gasteiger partial charge in [0, 0.05) is 44.1 Å². The first-order valence-corrected chi connectivity index (χ1v) is 12.4. The van der Waals surface area contributed by atoms with E-state index >= 15 is 0 Å². The van der Waals surface area contributed by atoms with Crippen LogP contribution in [0, 0.1) is 5.92 Å². The second-order valence-electron chi connectivity index (χ2n) is 9.86. The number of nitrogens with one attached hydrogen (secondary N) is 2. The zero-order chi connectivity index (χ0) is 27.9. The second kappa shape index (κ2) is 12.5. The Balaban J connectivity index is 1.70. The lowest BCUT2D eigenvalue weighted by Crippen LogP contribution is -2.48. The summed E-state index contributed by atoms with van der Waals surface area (Å²) in [5, 5.41) is 15.9. The van der Waals surface area contributed by atoms with Crippen LogP contribution in [-0.4, -0.2) is 60.9 Å². The van der Waals surface area contributed by atoms with E-state index in [4.69, 9.17) is 9.47 Å². The lowest BCUT2D eigenvalue weighted by atomic mass is 9.84. The molecule has 3 N–H and O–H groups in total. The molecular formula is C27H34F3N3O5. The molecule has 1 saturated heterocycles. The molecule has 0 atom stereocenters. The average molecular weight is 538 g/mol. The van der Waals surface area contributed by atoms with Crippen LogP contribution in [-0.2, 0) is 10.9 Å². The van der Waals surface area contributed by atoms with Crippen LogP contribution in [0.5, 0.6) is 11.5 Å². The lowest BCUT2D eigenvalue weighted by Gasteiger charge is -2.39. The lowest BCUT2D eigenvalue weighted by molar-refractivity contribution is -0.137. The zero-order valence-corrected chi connectivity index (χ0v) is 21.7. The summed E-state index contributed by atoms with van der Waals surface area (Å²) in [6.07, 6.45) is -3.25. The van der Waals surface area contributed by atoms with E-state index in [1.54, 1.807) is 0 Å². The summed E-state index contributed by atoms with van der Waals surface area (Å²) in [5.74, 6) is 0.0732. The standard InChI is InChI=1S/C27H34F3N3O5/c1-18(2)17-26(36)8-11-33(12-9-26)25(35)32-21-14-20(27(28,29)30)15-23(16-21)38-22-6-4-19(5-7-22)24(34)31-10-13-37-3/h4-7,14-16,18,36H,8-13,17H2,1-3H3,(H,31,34)(H,32,35). The van der Waals surface area contributed by atoms with Gasteiger partial charge in [0.15, 0.2) is 0 Å². The summed E-state index contributed by atoms with van der Waals surface area (Å²) in [7, 11) is 1.52. The van der Waals surface area contributed by atoms with Crippen molar-refractivity contribution in [3.63, 3.8) is 0 Å². The van der Waals surface area contributed by atoms with E-state index in [2.05, 4.69) is 10.6 Å². The fourth-order valence-corrected chi connectivity index (χ4v) is 4.37. The fraction of sp³-hybridized carbons (Fsp3) is 0.481. The first-order valence-electron chi connectivity index (χ1n) is 12.4. The Hall–Kier alpha value is -3.31. The highest BCUT2D eigenvalue weighted by Gasteiger charge is 2.35. The number of amides is 3. The van der Waals surface area contributed by atoms with Crippen molar-refractivity contribution in [1.82, 2.24) is 10.2 Å². The van der Waals surface area contributed by atoms with E-state index in [1.807, 2.05) is 13.8 Å². The molecule has 2 aromatic rings. The topological polar surface area (TPSA) is 100 Å². The Labute approximate surface area is 220 Å². The molecule has 38 heavy (non-hydrogen) atoms. The minimum absolute atomic E-state index is 0.0722. The van der Waals surface area contributed by atoms with Crippen molar-refractivity contribution >= 4 is 17.6 Å². The number of nitrogens with zero attached hydrogens (tertiary/aromatic N) is 1. The Morgan fingerprint density at radius 2 is 1.74 bits per heavy atom. The van der Waals surface area contributed by atoms with Crippen molar-refractivity contribution in [2.45, 2.75) is 44.9 Å². The van der Waals surface area contributed by atoms with Crippen molar-refractivity contribution in [1.29, 1.82) is 0 Å². The summed E-state index contributed by atoms with van der Waals surface area (Å²) in [5.41, 5.74) is -1.55. The molecule has 208 valence electrons. The van der Waals surface area contributed by atoms with Crippen molar-refractivity contribution < 1.29 is 37.3 Å². The minimum Gasteiger partial charge on any atom is -0.457 e. The zero-order valence-electron chi connectivity index (χ0n) is 21.7. The van der Waals surface area contributed by atoms with Crippen LogP contribution in [0.15, 0.2) is 42.5 Å². The summed E-state index contributed by atoms with van der Waals surface area (Å²) in [4.78, 5) is 26.4. The summed E-state index contributed by atoms with van der Waals surface area (Å²) < 4.78 is 51.2. The third kappa shape index (κ3) is 8.35. The number of benzene rings is 2. The molecule has 0 saturated carbocycles. The van der Waals surface area contributed by atoms with Gasteiger partial charge in [-0.15, -0.1) is 0 Å². The molecule has 2 aromatic carbocycles. The Kier molecular flexibility index (Phi) is 9.61. The molecule has 8 nitrogen and oxygen atoms in total. The molecule has 3 rings (SSSR count). The summed E-state index contributed by atoms with van der Waals surface area (Å²) in [6, 6.07) is 8.36. The number of halogens is 3. The largest absolute Gasteiger partial charge is 0.457 e. The Morgan fingerprint density at radius 3 is 2.32 bits per heavy atom. The molecule has 1 fully saturated rings. The molecule has 0 aromatic heterocycles. The van der Waals surface area contributed by atoms with Crippen molar-refractivity contribution in [3.05, 3.63) is 53.6 Å². The first kappa shape index (κ1) is 29.2. The number of carbonyl (C=O) groups is 2. The van der Waals surface area contributed by atoms with E-state index in [1.165, 1.54) is 42.3 Å². The molecule has 0 bridgehead atoms. The van der Waals surface area contributed by atoms with E-state index in [9.17, 15) is 27.9 Å². The van der Waals surface area contributed by atoms with Gasteiger partial charge in [0.05, 0.1) is 17.8 Å². The second-order valence-corrected chi connectivity index (χ2v) is 9.86. The Morgan fingerprint density at radius 1 is 1.08 bits per heavy atom. The monoisotopic (exact) mass is 537 g/mol. The predicted molar refractivity (Wildman–Crippen MR) is 136 cm³/mol. The maximum absolute atomic E-state index is 13.6. The number of likely N-dealkylation sites (tertiary alicyclic amines) is 1. The molecule has 0 unspecified atom stereocenters.